The number of benzene rings is 8. The molecule has 2 aromatic heterocycles. The van der Waals surface area contributed by atoms with E-state index in [0.29, 0.717) is 0 Å². The third-order valence-electron chi connectivity index (χ3n) is 10.7. The second kappa shape index (κ2) is 10.9. The molecule has 0 saturated heterocycles. The average Bonchev–Trinajstić information content (AvgIpc) is 3.76. The lowest BCUT2D eigenvalue weighted by molar-refractivity contribution is 1.21. The van der Waals surface area contributed by atoms with E-state index in [4.69, 9.17) is 4.98 Å². The second-order valence-corrected chi connectivity index (χ2v) is 13.5. The lowest BCUT2D eigenvalue weighted by Crippen LogP contribution is -1.93. The van der Waals surface area contributed by atoms with Gasteiger partial charge in [0.1, 0.15) is 5.65 Å². The zero-order valence-corrected chi connectivity index (χ0v) is 27.7. The molecule has 11 rings (SSSR count). The molecule has 2 heterocycles. The topological polar surface area (TPSA) is 17.3 Å². The lowest BCUT2D eigenvalue weighted by atomic mass is 9.82. The van der Waals surface area contributed by atoms with Gasteiger partial charge in [0.05, 0.1) is 5.69 Å². The minimum Gasteiger partial charge on any atom is -0.306 e. The van der Waals surface area contributed by atoms with Gasteiger partial charge in [0, 0.05) is 18.0 Å². The fourth-order valence-corrected chi connectivity index (χ4v) is 8.49. The molecule has 2 heteroatoms. The number of hydrogen-bond donors (Lipinski definition) is 0. The van der Waals surface area contributed by atoms with Crippen molar-refractivity contribution in [2.45, 2.75) is 0 Å². The predicted octanol–water partition coefficient (Wildman–Crippen LogP) is 13.1. The van der Waals surface area contributed by atoms with Crippen LogP contribution >= 0.6 is 0 Å². The van der Waals surface area contributed by atoms with Gasteiger partial charge in [0.2, 0.25) is 0 Å². The first kappa shape index (κ1) is 28.1. The van der Waals surface area contributed by atoms with E-state index in [1.54, 1.807) is 0 Å². The van der Waals surface area contributed by atoms with Gasteiger partial charge < -0.3 is 4.40 Å². The van der Waals surface area contributed by atoms with Crippen LogP contribution < -0.4 is 0 Å². The van der Waals surface area contributed by atoms with Gasteiger partial charge in [0.25, 0.3) is 0 Å². The van der Waals surface area contributed by atoms with Crippen LogP contribution in [0.15, 0.2) is 182 Å². The van der Waals surface area contributed by atoms with Crippen molar-refractivity contribution >= 4 is 38.0 Å². The van der Waals surface area contributed by atoms with Crippen LogP contribution in [0.5, 0.6) is 0 Å². The molecular weight excluding hydrogens is 617 g/mol. The number of aromatic nitrogens is 2. The Kier molecular flexibility index (Phi) is 5.99. The van der Waals surface area contributed by atoms with E-state index in [9.17, 15) is 0 Å². The van der Waals surface area contributed by atoms with Crippen molar-refractivity contribution in [2.24, 2.45) is 0 Å². The summed E-state index contributed by atoms with van der Waals surface area (Å²) in [7, 11) is 0. The summed E-state index contributed by atoms with van der Waals surface area (Å²) >= 11 is 0. The highest BCUT2D eigenvalue weighted by Gasteiger charge is 2.31. The summed E-state index contributed by atoms with van der Waals surface area (Å²) in [6, 6.07) is 61.9. The van der Waals surface area contributed by atoms with Crippen LogP contribution in [-0.2, 0) is 0 Å². The summed E-state index contributed by atoms with van der Waals surface area (Å²) in [5.74, 6) is 0. The molecule has 0 saturated carbocycles. The zero-order chi connectivity index (χ0) is 33.5. The van der Waals surface area contributed by atoms with Gasteiger partial charge in [-0.3, -0.25) is 0 Å². The van der Waals surface area contributed by atoms with Crippen molar-refractivity contribution in [1.29, 1.82) is 0 Å². The summed E-state index contributed by atoms with van der Waals surface area (Å²) in [5.41, 5.74) is 15.8. The van der Waals surface area contributed by atoms with Gasteiger partial charge >= 0.3 is 0 Å². The molecule has 2 nitrogen and oxygen atoms in total. The molecule has 51 heavy (non-hydrogen) atoms. The smallest absolute Gasteiger partial charge is 0.138 e. The molecule has 0 amide bonds. The van der Waals surface area contributed by atoms with Crippen molar-refractivity contribution in [3.63, 3.8) is 0 Å². The Bertz CT molecular complexity index is 2850. The fraction of sp³-hybridized carbons (Fsp3) is 0. The highest BCUT2D eigenvalue weighted by molar-refractivity contribution is 6.28. The molecule has 8 aromatic carbocycles. The summed E-state index contributed by atoms with van der Waals surface area (Å²) in [6.45, 7) is 0. The SMILES string of the molecule is c1ccc(-c2c3c(c(-c4ccccc4)c4ccccc24)-c2ccc(-c4ccc(-c5cn6cc7ccccc7cc6n5)cc4)c4cccc-3c24)cc1. The minimum absolute atomic E-state index is 0.956. The van der Waals surface area contributed by atoms with E-state index in [-0.39, 0.29) is 0 Å². The highest BCUT2D eigenvalue weighted by atomic mass is 15.0. The Labute approximate surface area is 295 Å². The van der Waals surface area contributed by atoms with Crippen LogP contribution in [0.4, 0.5) is 0 Å². The van der Waals surface area contributed by atoms with Gasteiger partial charge in [0.15, 0.2) is 0 Å². The van der Waals surface area contributed by atoms with Crippen molar-refractivity contribution in [3.05, 3.63) is 182 Å². The summed E-state index contributed by atoms with van der Waals surface area (Å²) in [4.78, 5) is 4.99. The molecule has 0 bridgehead atoms. The van der Waals surface area contributed by atoms with Crippen molar-refractivity contribution < 1.29 is 0 Å². The number of imidazole rings is 1. The first-order valence-corrected chi connectivity index (χ1v) is 17.5. The Morgan fingerprint density at radius 3 is 1.59 bits per heavy atom. The first-order valence-electron chi connectivity index (χ1n) is 17.5. The molecular formula is C49H30N2. The third kappa shape index (κ3) is 4.20. The minimum atomic E-state index is 0.956. The maximum atomic E-state index is 4.99. The molecule has 1 aliphatic carbocycles. The van der Waals surface area contributed by atoms with Crippen LogP contribution in [0.3, 0.4) is 0 Å². The molecule has 0 aliphatic heterocycles. The van der Waals surface area contributed by atoms with E-state index in [2.05, 4.69) is 187 Å². The number of nitrogens with zero attached hydrogens (tertiary/aromatic N) is 2. The first-order chi connectivity index (χ1) is 25.3. The Balaban J connectivity index is 1.11. The number of pyridine rings is 1. The molecule has 0 spiro atoms. The van der Waals surface area contributed by atoms with Crippen LogP contribution in [-0.4, -0.2) is 9.38 Å². The highest BCUT2D eigenvalue weighted by Crippen LogP contribution is 2.58. The molecule has 1 aliphatic rings. The molecule has 0 N–H and O–H groups in total. The van der Waals surface area contributed by atoms with Crippen LogP contribution in [0.25, 0.3) is 105 Å². The van der Waals surface area contributed by atoms with Gasteiger partial charge in [-0.05, 0) is 94.0 Å². The van der Waals surface area contributed by atoms with Gasteiger partial charge in [-0.1, -0.05) is 164 Å². The molecule has 0 fully saturated rings. The van der Waals surface area contributed by atoms with E-state index in [1.807, 2.05) is 0 Å². The van der Waals surface area contributed by atoms with Gasteiger partial charge in [-0.2, -0.15) is 0 Å². The Morgan fingerprint density at radius 2 is 0.902 bits per heavy atom. The number of rotatable bonds is 4. The number of fused-ring (bicyclic) bond motifs is 6. The molecule has 10 aromatic rings. The maximum Gasteiger partial charge on any atom is 0.138 e. The van der Waals surface area contributed by atoms with Crippen molar-refractivity contribution in [1.82, 2.24) is 9.38 Å². The second-order valence-electron chi connectivity index (χ2n) is 13.5. The van der Waals surface area contributed by atoms with E-state index in [0.717, 1.165) is 16.9 Å². The molecule has 0 unspecified atom stereocenters. The standard InChI is InChI=1S/C49H30N2/c1-3-12-33(13-4-1)45-39-18-9-10-19-40(39)46(34-14-5-2-6-15-34)49-42-27-26-37(38-20-11-21-41(47(38)42)48(45)49)31-22-24-32(25-23-31)43-30-51-29-36-17-8-7-16-35(36)28-44(51)50-43/h1-30H. The zero-order valence-electron chi connectivity index (χ0n) is 27.7. The Morgan fingerprint density at radius 1 is 0.353 bits per heavy atom. The Hall–Kier alpha value is -6.77. The lowest BCUT2D eigenvalue weighted by Gasteiger charge is -2.20. The quantitative estimate of drug-likeness (QED) is 0.186. The van der Waals surface area contributed by atoms with Crippen molar-refractivity contribution in [3.8, 4) is 66.9 Å². The summed E-state index contributed by atoms with van der Waals surface area (Å²) in [6.07, 6.45) is 4.29. The molecule has 0 atom stereocenters. The van der Waals surface area contributed by atoms with E-state index < -0.39 is 0 Å². The van der Waals surface area contributed by atoms with Gasteiger partial charge in [-0.25, -0.2) is 4.98 Å². The van der Waals surface area contributed by atoms with E-state index >= 15 is 0 Å². The van der Waals surface area contributed by atoms with Crippen LogP contribution in [0.1, 0.15) is 0 Å². The summed E-state index contributed by atoms with van der Waals surface area (Å²) in [5, 5.41) is 7.57. The average molecular weight is 647 g/mol. The van der Waals surface area contributed by atoms with Gasteiger partial charge in [-0.15, -0.1) is 0 Å². The predicted molar refractivity (Wildman–Crippen MR) is 214 cm³/mol. The monoisotopic (exact) mass is 646 g/mol. The van der Waals surface area contributed by atoms with Crippen molar-refractivity contribution in [2.75, 3.05) is 0 Å². The number of hydrogen-bond acceptors (Lipinski definition) is 1. The van der Waals surface area contributed by atoms with Crippen LogP contribution in [0.2, 0.25) is 0 Å². The third-order valence-corrected chi connectivity index (χ3v) is 10.7. The fourth-order valence-electron chi connectivity index (χ4n) is 8.49. The maximum absolute atomic E-state index is 4.99. The molecule has 236 valence electrons. The van der Waals surface area contributed by atoms with E-state index in [1.165, 1.54) is 88.0 Å². The largest absolute Gasteiger partial charge is 0.306 e. The normalized spacial score (nSPS) is 11.9. The molecule has 0 radical (unpaired) electrons. The van der Waals surface area contributed by atoms with Crippen LogP contribution in [0, 0.1) is 0 Å². The summed E-state index contributed by atoms with van der Waals surface area (Å²) < 4.78 is 2.13.